The van der Waals surface area contributed by atoms with E-state index in [1.165, 1.54) is 263 Å². The van der Waals surface area contributed by atoms with Crippen LogP contribution in [-0.2, 0) is 14.3 Å². The minimum atomic E-state index is -0.673. The SMILES string of the molecule is CCCCCCCCC/C=C\CCCCCCCCCC(=O)OCCCCC/C=C\C=C/CCCCCCCCCCCCC(=O)NC(CO)C(O)CCCCCCCCCCCCCCCCCCCCCCC. The van der Waals surface area contributed by atoms with Crippen molar-refractivity contribution in [3.63, 3.8) is 0 Å². The topological polar surface area (TPSA) is 95.9 Å². The number of nitrogens with one attached hydrogen (secondary N) is 1. The number of unbranched alkanes of at least 4 members (excludes halogenated alkanes) is 47. The van der Waals surface area contributed by atoms with Crippen LogP contribution >= 0.6 is 0 Å². The molecule has 0 radical (unpaired) electrons. The first-order valence-corrected chi connectivity index (χ1v) is 33.8. The Kier molecular flexibility index (Phi) is 63.0. The van der Waals surface area contributed by atoms with Crippen molar-refractivity contribution in [2.45, 2.75) is 379 Å². The zero-order valence-corrected chi connectivity index (χ0v) is 50.5. The van der Waals surface area contributed by atoms with Gasteiger partial charge in [0.25, 0.3) is 0 Å². The number of esters is 1. The van der Waals surface area contributed by atoms with Crippen molar-refractivity contribution in [1.82, 2.24) is 5.32 Å². The van der Waals surface area contributed by atoms with Crippen molar-refractivity contribution in [3.05, 3.63) is 36.5 Å². The lowest BCUT2D eigenvalue weighted by atomic mass is 10.0. The van der Waals surface area contributed by atoms with E-state index in [0.717, 1.165) is 70.6 Å². The maximum Gasteiger partial charge on any atom is 0.305 e. The molecule has 1 amide bonds. The molecule has 0 aliphatic carbocycles. The van der Waals surface area contributed by atoms with Gasteiger partial charge in [0.15, 0.2) is 0 Å². The monoisotopic (exact) mass is 1050 g/mol. The van der Waals surface area contributed by atoms with Gasteiger partial charge in [0.05, 0.1) is 25.4 Å². The number of aliphatic hydroxyl groups is 2. The highest BCUT2D eigenvalue weighted by Crippen LogP contribution is 2.18. The van der Waals surface area contributed by atoms with Crippen molar-refractivity contribution >= 4 is 11.9 Å². The minimum Gasteiger partial charge on any atom is -0.466 e. The van der Waals surface area contributed by atoms with Crippen LogP contribution < -0.4 is 5.32 Å². The standard InChI is InChI=1S/C69H131NO5/c1-3-5-7-9-11-13-15-17-19-21-23-24-26-29-33-37-41-45-49-53-57-61-67(72)66(65-71)70-68(73)62-58-54-50-46-42-38-34-30-27-25-28-32-36-40-44-48-52-56-60-64-75-69(74)63-59-55-51-47-43-39-35-31-22-20-18-16-14-12-10-8-6-4-2/h20,22,32,36,40,44,66-67,71-72H,3-19,21,23-31,33-35,37-39,41-43,45-65H2,1-2H3,(H,70,73)/b22-20-,36-32-,44-40-. The van der Waals surface area contributed by atoms with Gasteiger partial charge in [0.2, 0.25) is 5.91 Å². The number of rotatable bonds is 63. The highest BCUT2D eigenvalue weighted by molar-refractivity contribution is 5.76. The van der Waals surface area contributed by atoms with Gasteiger partial charge in [-0.2, -0.15) is 0 Å². The van der Waals surface area contributed by atoms with Crippen LogP contribution in [0.25, 0.3) is 0 Å². The smallest absolute Gasteiger partial charge is 0.305 e. The third-order valence-electron chi connectivity index (χ3n) is 15.7. The van der Waals surface area contributed by atoms with Crippen LogP contribution in [0.2, 0.25) is 0 Å². The Morgan fingerprint density at radius 2 is 0.667 bits per heavy atom. The van der Waals surface area contributed by atoms with Crippen LogP contribution in [0, 0.1) is 0 Å². The first-order valence-electron chi connectivity index (χ1n) is 33.8. The number of hydrogen-bond donors (Lipinski definition) is 3. The molecule has 0 aromatic rings. The molecule has 0 rings (SSSR count). The second-order valence-electron chi connectivity index (χ2n) is 23.2. The zero-order chi connectivity index (χ0) is 54.3. The zero-order valence-electron chi connectivity index (χ0n) is 50.5. The third-order valence-corrected chi connectivity index (χ3v) is 15.7. The van der Waals surface area contributed by atoms with E-state index in [4.69, 9.17) is 4.74 Å². The number of allylic oxidation sites excluding steroid dienone is 6. The fraction of sp³-hybridized carbons (Fsp3) is 0.884. The van der Waals surface area contributed by atoms with E-state index < -0.39 is 12.1 Å². The van der Waals surface area contributed by atoms with Gasteiger partial charge in [-0.1, -0.05) is 307 Å². The third kappa shape index (κ3) is 61.2. The molecule has 0 heterocycles. The molecule has 0 fully saturated rings. The molecule has 0 aromatic heterocycles. The molecular formula is C69H131NO5. The lowest BCUT2D eigenvalue weighted by Gasteiger charge is -2.22. The van der Waals surface area contributed by atoms with Gasteiger partial charge in [-0.05, 0) is 83.5 Å². The van der Waals surface area contributed by atoms with E-state index >= 15 is 0 Å². The van der Waals surface area contributed by atoms with Crippen molar-refractivity contribution in [2.24, 2.45) is 0 Å². The molecule has 0 aliphatic heterocycles. The molecule has 2 unspecified atom stereocenters. The molecule has 0 aliphatic rings. The number of carbonyl (C=O) groups is 2. The fourth-order valence-electron chi connectivity index (χ4n) is 10.5. The molecule has 442 valence electrons. The van der Waals surface area contributed by atoms with Crippen molar-refractivity contribution in [3.8, 4) is 0 Å². The average Bonchev–Trinajstić information content (AvgIpc) is 3.41. The van der Waals surface area contributed by atoms with E-state index in [0.29, 0.717) is 25.9 Å². The largest absolute Gasteiger partial charge is 0.466 e. The molecule has 0 bridgehead atoms. The van der Waals surface area contributed by atoms with Gasteiger partial charge in [-0.3, -0.25) is 9.59 Å². The van der Waals surface area contributed by atoms with Crippen molar-refractivity contribution in [1.29, 1.82) is 0 Å². The van der Waals surface area contributed by atoms with Crippen LogP contribution in [0.15, 0.2) is 36.5 Å². The molecule has 0 saturated carbocycles. The summed E-state index contributed by atoms with van der Waals surface area (Å²) in [5.74, 6) is -0.0572. The second kappa shape index (κ2) is 64.6. The summed E-state index contributed by atoms with van der Waals surface area (Å²) in [5, 5.41) is 23.4. The molecule has 75 heavy (non-hydrogen) atoms. The Labute approximate surface area is 468 Å². The molecule has 6 heteroatoms. The van der Waals surface area contributed by atoms with Gasteiger partial charge >= 0.3 is 5.97 Å². The van der Waals surface area contributed by atoms with Gasteiger partial charge in [-0.15, -0.1) is 0 Å². The summed E-state index contributed by atoms with van der Waals surface area (Å²) in [7, 11) is 0. The summed E-state index contributed by atoms with van der Waals surface area (Å²) >= 11 is 0. The molecule has 0 spiro atoms. The van der Waals surface area contributed by atoms with Crippen LogP contribution in [0.3, 0.4) is 0 Å². The van der Waals surface area contributed by atoms with Crippen LogP contribution in [0.5, 0.6) is 0 Å². The van der Waals surface area contributed by atoms with E-state index in [1.54, 1.807) is 0 Å². The molecule has 0 aromatic carbocycles. The van der Waals surface area contributed by atoms with Crippen LogP contribution in [-0.4, -0.2) is 47.4 Å². The first-order chi connectivity index (χ1) is 37.0. The summed E-state index contributed by atoms with van der Waals surface area (Å²) in [6.45, 7) is 4.94. The minimum absolute atomic E-state index is 0.0156. The normalized spacial score (nSPS) is 12.7. The maximum atomic E-state index is 12.5. The van der Waals surface area contributed by atoms with Crippen molar-refractivity contribution < 1.29 is 24.5 Å². The molecule has 2 atom stereocenters. The number of hydrogen-bond acceptors (Lipinski definition) is 5. The summed E-state index contributed by atoms with van der Waals surface area (Å²) in [4.78, 5) is 24.6. The van der Waals surface area contributed by atoms with Gasteiger partial charge < -0.3 is 20.3 Å². The van der Waals surface area contributed by atoms with E-state index in [-0.39, 0.29) is 18.5 Å². The predicted octanol–water partition coefficient (Wildman–Crippen LogP) is 21.5. The number of aliphatic hydroxyl groups excluding tert-OH is 2. The Morgan fingerprint density at radius 3 is 1.03 bits per heavy atom. The quantitative estimate of drug-likeness (QED) is 0.0244. The van der Waals surface area contributed by atoms with Crippen molar-refractivity contribution in [2.75, 3.05) is 13.2 Å². The van der Waals surface area contributed by atoms with E-state index in [1.807, 2.05) is 0 Å². The first kappa shape index (κ1) is 73.1. The average molecular weight is 1050 g/mol. The Bertz CT molecular complexity index is 1210. The molecule has 3 N–H and O–H groups in total. The highest BCUT2D eigenvalue weighted by atomic mass is 16.5. The summed E-state index contributed by atoms with van der Waals surface area (Å²) in [5.41, 5.74) is 0. The summed E-state index contributed by atoms with van der Waals surface area (Å²) in [6.07, 6.45) is 81.7. The van der Waals surface area contributed by atoms with Crippen LogP contribution in [0.1, 0.15) is 367 Å². The Morgan fingerprint density at radius 1 is 0.373 bits per heavy atom. The number of carbonyl (C=O) groups excluding carboxylic acids is 2. The maximum absolute atomic E-state index is 12.5. The predicted molar refractivity (Wildman–Crippen MR) is 329 cm³/mol. The summed E-state index contributed by atoms with van der Waals surface area (Å²) < 4.78 is 5.47. The molecule has 0 saturated heterocycles. The summed E-state index contributed by atoms with van der Waals surface area (Å²) in [6, 6.07) is -0.551. The van der Waals surface area contributed by atoms with E-state index in [9.17, 15) is 19.8 Å². The van der Waals surface area contributed by atoms with Gasteiger partial charge in [0.1, 0.15) is 0 Å². The Hall–Kier alpha value is -1.92. The van der Waals surface area contributed by atoms with Gasteiger partial charge in [0, 0.05) is 12.8 Å². The lowest BCUT2D eigenvalue weighted by molar-refractivity contribution is -0.143. The Balaban J connectivity index is 3.46. The fourth-order valence-corrected chi connectivity index (χ4v) is 10.5. The number of ether oxygens (including phenoxy) is 1. The molecular weight excluding hydrogens is 923 g/mol. The molecule has 6 nitrogen and oxygen atoms in total. The van der Waals surface area contributed by atoms with E-state index in [2.05, 4.69) is 55.6 Å². The van der Waals surface area contributed by atoms with Crippen LogP contribution in [0.4, 0.5) is 0 Å². The second-order valence-corrected chi connectivity index (χ2v) is 23.2. The number of amides is 1. The highest BCUT2D eigenvalue weighted by Gasteiger charge is 2.20. The van der Waals surface area contributed by atoms with Gasteiger partial charge in [-0.25, -0.2) is 0 Å². The lowest BCUT2D eigenvalue weighted by Crippen LogP contribution is -2.45.